The molecule has 0 aliphatic heterocycles. The molecule has 150 valence electrons. The van der Waals surface area contributed by atoms with E-state index in [-0.39, 0.29) is 0 Å². The molecule has 0 aromatic heterocycles. The molecule has 0 saturated heterocycles. The number of hydrogen-bond donors (Lipinski definition) is 0. The molecule has 0 fully saturated rings. The Morgan fingerprint density at radius 1 is 0.654 bits per heavy atom. The molecule has 0 aliphatic rings. The number of benzene rings is 1. The highest BCUT2D eigenvalue weighted by atomic mass is 28.4. The summed E-state index contributed by atoms with van der Waals surface area (Å²) < 4.78 is 22.0. The fraction of sp³-hybridized carbons (Fsp3) is 0.684. The van der Waals surface area contributed by atoms with Crippen molar-refractivity contribution in [1.82, 2.24) is 0 Å². The van der Waals surface area contributed by atoms with Gasteiger partial charge in [-0.05, 0) is 12.5 Å². The van der Waals surface area contributed by atoms with Gasteiger partial charge in [0, 0.05) is 41.1 Å². The van der Waals surface area contributed by atoms with Gasteiger partial charge in [-0.25, -0.2) is 0 Å². The molecule has 0 atom stereocenters. The van der Waals surface area contributed by atoms with Crippen LogP contribution in [0.15, 0.2) is 24.3 Å². The second-order valence-corrected chi connectivity index (χ2v) is 21.0. The minimum Gasteiger partial charge on any atom is -0.385 e. The van der Waals surface area contributed by atoms with Crippen molar-refractivity contribution in [2.75, 3.05) is 35.0 Å². The Morgan fingerprint density at radius 2 is 1.08 bits per heavy atom. The summed E-state index contributed by atoms with van der Waals surface area (Å²) in [6.07, 6.45) is 1.15. The van der Waals surface area contributed by atoms with Crippen LogP contribution < -0.4 is 10.4 Å². The molecule has 7 heteroatoms. The molecule has 0 radical (unpaired) electrons. The molecule has 0 saturated carbocycles. The zero-order valence-electron chi connectivity index (χ0n) is 18.0. The molecule has 0 spiro atoms. The van der Waals surface area contributed by atoms with Gasteiger partial charge in [-0.2, -0.15) is 0 Å². The van der Waals surface area contributed by atoms with Crippen molar-refractivity contribution in [3.63, 3.8) is 0 Å². The summed E-state index contributed by atoms with van der Waals surface area (Å²) in [4.78, 5) is 0. The van der Waals surface area contributed by atoms with Crippen LogP contribution in [0.5, 0.6) is 0 Å². The van der Waals surface area contributed by atoms with Crippen LogP contribution in [0, 0.1) is 0 Å². The Labute approximate surface area is 163 Å². The normalized spacial score (nSPS) is 13.2. The van der Waals surface area contributed by atoms with Crippen LogP contribution in [0.1, 0.15) is 6.42 Å². The number of hydrogen-bond acceptors (Lipinski definition) is 4. The molecular formula is C19H38O4Si3. The Balaban J connectivity index is 2.82. The molecule has 0 unspecified atom stereocenters. The quantitative estimate of drug-likeness (QED) is 0.388. The molecule has 1 rings (SSSR count). The van der Waals surface area contributed by atoms with E-state index in [1.807, 2.05) is 0 Å². The van der Waals surface area contributed by atoms with E-state index in [1.54, 1.807) is 28.4 Å². The lowest BCUT2D eigenvalue weighted by Crippen LogP contribution is -2.48. The van der Waals surface area contributed by atoms with Crippen molar-refractivity contribution in [2.45, 2.75) is 50.7 Å². The van der Waals surface area contributed by atoms with Gasteiger partial charge >= 0.3 is 8.80 Å². The summed E-state index contributed by atoms with van der Waals surface area (Å²) >= 11 is 0. The van der Waals surface area contributed by atoms with Crippen molar-refractivity contribution in [2.24, 2.45) is 0 Å². The maximum absolute atomic E-state index is 5.59. The third-order valence-electron chi connectivity index (χ3n) is 5.59. The Hall–Kier alpha value is -0.289. The minimum absolute atomic E-state index is 0.860. The Morgan fingerprint density at radius 3 is 1.46 bits per heavy atom. The fourth-order valence-corrected chi connectivity index (χ4v) is 11.9. The van der Waals surface area contributed by atoms with E-state index in [9.17, 15) is 0 Å². The lowest BCUT2D eigenvalue weighted by atomic mass is 10.4. The molecule has 0 bridgehead atoms. The minimum atomic E-state index is -2.49. The SMILES string of the molecule is COCCC[Si](C)(C)c1ccc([Si](C)(C)CC[Si](OC)(OC)OC)cc1. The lowest BCUT2D eigenvalue weighted by Gasteiger charge is -2.30. The smallest absolute Gasteiger partial charge is 0.385 e. The molecule has 0 heterocycles. The van der Waals surface area contributed by atoms with E-state index in [0.717, 1.165) is 25.1 Å². The Bertz CT molecular complexity index is 520. The third-order valence-corrected chi connectivity index (χ3v) is 15.7. The summed E-state index contributed by atoms with van der Waals surface area (Å²) in [7, 11) is 1.43. The largest absolute Gasteiger partial charge is 0.499 e. The lowest BCUT2D eigenvalue weighted by molar-refractivity contribution is 0.125. The van der Waals surface area contributed by atoms with Crippen LogP contribution in [-0.2, 0) is 18.0 Å². The van der Waals surface area contributed by atoms with Gasteiger partial charge in [-0.1, -0.05) is 66.9 Å². The summed E-state index contributed by atoms with van der Waals surface area (Å²) in [5.41, 5.74) is 0. The third kappa shape index (κ3) is 6.40. The van der Waals surface area contributed by atoms with Crippen molar-refractivity contribution in [3.8, 4) is 0 Å². The number of ether oxygens (including phenoxy) is 1. The van der Waals surface area contributed by atoms with Gasteiger partial charge in [-0.15, -0.1) is 0 Å². The van der Waals surface area contributed by atoms with Crippen LogP contribution in [0.4, 0.5) is 0 Å². The summed E-state index contributed by atoms with van der Waals surface area (Å²) in [5.74, 6) is 0. The van der Waals surface area contributed by atoms with Crippen molar-refractivity contribution in [3.05, 3.63) is 24.3 Å². The van der Waals surface area contributed by atoms with E-state index < -0.39 is 25.0 Å². The molecule has 0 N–H and O–H groups in total. The van der Waals surface area contributed by atoms with Crippen LogP contribution in [0.25, 0.3) is 0 Å². The molecule has 0 amide bonds. The van der Waals surface area contributed by atoms with Gasteiger partial charge in [0.1, 0.15) is 0 Å². The van der Waals surface area contributed by atoms with E-state index in [2.05, 4.69) is 50.5 Å². The maximum atomic E-state index is 5.59. The predicted octanol–water partition coefficient (Wildman–Crippen LogP) is 3.43. The molecular weight excluding hydrogens is 376 g/mol. The molecule has 4 nitrogen and oxygen atoms in total. The van der Waals surface area contributed by atoms with Crippen LogP contribution in [-0.4, -0.2) is 60.0 Å². The zero-order chi connectivity index (χ0) is 19.8. The molecule has 1 aromatic rings. The summed E-state index contributed by atoms with van der Waals surface area (Å²) in [6.45, 7) is 10.6. The van der Waals surface area contributed by atoms with Crippen molar-refractivity contribution in [1.29, 1.82) is 0 Å². The van der Waals surface area contributed by atoms with Crippen molar-refractivity contribution < 1.29 is 18.0 Å². The molecule has 0 aliphatic carbocycles. The highest BCUT2D eigenvalue weighted by Gasteiger charge is 2.40. The van der Waals surface area contributed by atoms with E-state index in [4.69, 9.17) is 18.0 Å². The van der Waals surface area contributed by atoms with Crippen molar-refractivity contribution >= 4 is 35.3 Å². The summed E-state index contributed by atoms with van der Waals surface area (Å²) in [6, 6.07) is 12.7. The average Bonchev–Trinajstić information content (AvgIpc) is 2.63. The number of methoxy groups -OCH3 is 1. The van der Waals surface area contributed by atoms with Gasteiger partial charge in [-0.3, -0.25) is 0 Å². The standard InChI is InChI=1S/C19H38O4Si3/c1-20-14-9-15-24(5,6)18-10-12-19(13-11-18)25(7,8)16-17-26(21-2,22-3)23-4/h10-13H,9,14-17H2,1-8H3. The van der Waals surface area contributed by atoms with Crippen LogP contribution in [0.2, 0.25) is 44.3 Å². The monoisotopic (exact) mass is 414 g/mol. The first-order valence-corrected chi connectivity index (χ1v) is 17.8. The van der Waals surface area contributed by atoms with Crippen LogP contribution in [0.3, 0.4) is 0 Å². The van der Waals surface area contributed by atoms with E-state index in [0.29, 0.717) is 0 Å². The second-order valence-electron chi connectivity index (χ2n) is 8.24. The summed E-state index contributed by atoms with van der Waals surface area (Å²) in [5, 5.41) is 3.03. The highest BCUT2D eigenvalue weighted by molar-refractivity contribution is 6.91. The van der Waals surface area contributed by atoms with Crippen LogP contribution >= 0.6 is 0 Å². The van der Waals surface area contributed by atoms with Gasteiger partial charge in [0.05, 0.1) is 16.1 Å². The average molecular weight is 415 g/mol. The fourth-order valence-electron chi connectivity index (χ4n) is 3.34. The second kappa shape index (κ2) is 10.3. The highest BCUT2D eigenvalue weighted by Crippen LogP contribution is 2.22. The molecule has 26 heavy (non-hydrogen) atoms. The van der Waals surface area contributed by atoms with Gasteiger partial charge < -0.3 is 18.0 Å². The first-order valence-electron chi connectivity index (χ1n) is 9.42. The Kier molecular flexibility index (Phi) is 9.42. The molecule has 1 aromatic carbocycles. The van der Waals surface area contributed by atoms with Gasteiger partial charge in [0.15, 0.2) is 0 Å². The number of rotatable bonds is 12. The van der Waals surface area contributed by atoms with Gasteiger partial charge in [0.25, 0.3) is 0 Å². The predicted molar refractivity (Wildman–Crippen MR) is 118 cm³/mol. The zero-order valence-corrected chi connectivity index (χ0v) is 21.0. The topological polar surface area (TPSA) is 36.9 Å². The van der Waals surface area contributed by atoms with Gasteiger partial charge in [0.2, 0.25) is 0 Å². The maximum Gasteiger partial charge on any atom is 0.499 e. The first-order chi connectivity index (χ1) is 12.2. The van der Waals surface area contributed by atoms with E-state index in [1.165, 1.54) is 16.4 Å². The van der Waals surface area contributed by atoms with E-state index >= 15 is 0 Å². The first kappa shape index (κ1) is 23.7.